The van der Waals surface area contributed by atoms with Crippen LogP contribution >= 0.6 is 0 Å². The molecule has 0 fully saturated rings. The van der Waals surface area contributed by atoms with Crippen LogP contribution in [0.5, 0.6) is 0 Å². The van der Waals surface area contributed by atoms with E-state index in [0.717, 1.165) is 25.1 Å². The Morgan fingerprint density at radius 1 is 1.22 bits per heavy atom. The van der Waals surface area contributed by atoms with Gasteiger partial charge in [-0.05, 0) is 25.0 Å². The van der Waals surface area contributed by atoms with Gasteiger partial charge in [0.25, 0.3) is 5.91 Å². The lowest BCUT2D eigenvalue weighted by molar-refractivity contribution is 0.0793. The highest BCUT2D eigenvalue weighted by molar-refractivity contribution is 5.94. The van der Waals surface area contributed by atoms with Crippen molar-refractivity contribution in [3.8, 4) is 0 Å². The van der Waals surface area contributed by atoms with E-state index in [1.807, 2.05) is 13.1 Å². The minimum atomic E-state index is 0.0185. The third kappa shape index (κ3) is 5.09. The van der Waals surface area contributed by atoms with E-state index in [1.54, 1.807) is 17.3 Å². The molecular formula is C19H25N3O. The lowest BCUT2D eigenvalue weighted by Crippen LogP contribution is -2.27. The molecule has 0 saturated heterocycles. The van der Waals surface area contributed by atoms with Crippen LogP contribution in [0.15, 0.2) is 42.7 Å². The minimum Gasteiger partial charge on any atom is -0.380 e. The van der Waals surface area contributed by atoms with Gasteiger partial charge in [-0.1, -0.05) is 43.2 Å². The fourth-order valence-electron chi connectivity index (χ4n) is 2.28. The number of anilines is 1. The average Bonchev–Trinajstić information content (AvgIpc) is 2.58. The number of carbonyl (C=O) groups is 1. The number of hydrogen-bond donors (Lipinski definition) is 1. The number of benzene rings is 1. The van der Waals surface area contributed by atoms with E-state index in [4.69, 9.17) is 0 Å². The summed E-state index contributed by atoms with van der Waals surface area (Å²) in [5, 5.41) is 3.32. The van der Waals surface area contributed by atoms with E-state index >= 15 is 0 Å². The Morgan fingerprint density at radius 3 is 2.65 bits per heavy atom. The average molecular weight is 311 g/mol. The smallest absolute Gasteiger partial charge is 0.255 e. The lowest BCUT2D eigenvalue weighted by Gasteiger charge is -2.17. The van der Waals surface area contributed by atoms with Gasteiger partial charge in [-0.25, -0.2) is 0 Å². The van der Waals surface area contributed by atoms with Gasteiger partial charge >= 0.3 is 0 Å². The van der Waals surface area contributed by atoms with Crippen molar-refractivity contribution in [2.24, 2.45) is 0 Å². The molecule has 0 aliphatic heterocycles. The van der Waals surface area contributed by atoms with E-state index in [1.165, 1.54) is 11.1 Å². The van der Waals surface area contributed by atoms with Crippen LogP contribution in [0.4, 0.5) is 5.69 Å². The zero-order valence-corrected chi connectivity index (χ0v) is 14.2. The van der Waals surface area contributed by atoms with E-state index in [9.17, 15) is 4.79 Å². The summed E-state index contributed by atoms with van der Waals surface area (Å²) in [5.41, 5.74) is 3.93. The second-order valence-electron chi connectivity index (χ2n) is 5.88. The molecule has 2 rings (SSSR count). The summed E-state index contributed by atoms with van der Waals surface area (Å²) in [7, 11) is 1.84. The highest BCUT2D eigenvalue weighted by Crippen LogP contribution is 2.13. The number of rotatable bonds is 7. The molecule has 4 heteroatoms. The standard InChI is InChI=1S/C19H25N3O/c1-4-5-10-22(3)19(23)17-11-18(14-20-13-17)21-12-16-8-6-15(2)7-9-16/h6-9,11,13-14,21H,4-5,10,12H2,1-3H3. The number of aromatic nitrogens is 1. The second kappa shape index (κ2) is 8.32. The van der Waals surface area contributed by atoms with Crippen molar-refractivity contribution < 1.29 is 4.79 Å². The summed E-state index contributed by atoms with van der Waals surface area (Å²) >= 11 is 0. The van der Waals surface area contributed by atoms with Crippen molar-refractivity contribution in [1.29, 1.82) is 0 Å². The maximum atomic E-state index is 12.4. The molecule has 0 radical (unpaired) electrons. The topological polar surface area (TPSA) is 45.2 Å². The Hall–Kier alpha value is -2.36. The Labute approximate surface area is 138 Å². The predicted octanol–water partition coefficient (Wildman–Crippen LogP) is 3.87. The molecule has 0 atom stereocenters. The van der Waals surface area contributed by atoms with Crippen LogP contribution in [0.1, 0.15) is 41.3 Å². The Balaban J connectivity index is 1.98. The SMILES string of the molecule is CCCCN(C)C(=O)c1cncc(NCc2ccc(C)cc2)c1. The van der Waals surface area contributed by atoms with Gasteiger partial charge < -0.3 is 10.2 Å². The number of nitrogens with one attached hydrogen (secondary N) is 1. The van der Waals surface area contributed by atoms with Gasteiger partial charge in [0.05, 0.1) is 11.3 Å². The van der Waals surface area contributed by atoms with Crippen molar-refractivity contribution in [2.45, 2.75) is 33.2 Å². The van der Waals surface area contributed by atoms with Crippen LogP contribution in [0.2, 0.25) is 0 Å². The summed E-state index contributed by atoms with van der Waals surface area (Å²) in [4.78, 5) is 18.3. The maximum Gasteiger partial charge on any atom is 0.255 e. The Morgan fingerprint density at radius 2 is 1.96 bits per heavy atom. The third-order valence-electron chi connectivity index (χ3n) is 3.80. The maximum absolute atomic E-state index is 12.4. The van der Waals surface area contributed by atoms with Gasteiger partial charge in [0.2, 0.25) is 0 Å². The summed E-state index contributed by atoms with van der Waals surface area (Å²) in [5.74, 6) is 0.0185. The lowest BCUT2D eigenvalue weighted by atomic mass is 10.1. The number of nitrogens with zero attached hydrogens (tertiary/aromatic N) is 2. The van der Waals surface area contributed by atoms with E-state index in [2.05, 4.69) is 48.4 Å². The molecule has 1 N–H and O–H groups in total. The van der Waals surface area contributed by atoms with Crippen molar-refractivity contribution >= 4 is 11.6 Å². The molecule has 23 heavy (non-hydrogen) atoms. The van der Waals surface area contributed by atoms with Crippen LogP contribution in [-0.2, 0) is 6.54 Å². The number of carbonyl (C=O) groups excluding carboxylic acids is 1. The molecule has 0 saturated carbocycles. The van der Waals surface area contributed by atoms with Crippen molar-refractivity contribution in [3.05, 3.63) is 59.4 Å². The van der Waals surface area contributed by atoms with Gasteiger partial charge in [-0.3, -0.25) is 9.78 Å². The molecule has 0 bridgehead atoms. The molecule has 1 aromatic carbocycles. The summed E-state index contributed by atoms with van der Waals surface area (Å²) in [6.07, 6.45) is 5.47. The molecule has 1 heterocycles. The molecule has 122 valence electrons. The molecule has 0 spiro atoms. The van der Waals surface area contributed by atoms with Crippen LogP contribution in [0.25, 0.3) is 0 Å². The van der Waals surface area contributed by atoms with Gasteiger partial charge in [-0.15, -0.1) is 0 Å². The molecule has 1 aromatic heterocycles. The molecule has 0 aliphatic rings. The quantitative estimate of drug-likeness (QED) is 0.844. The fourth-order valence-corrected chi connectivity index (χ4v) is 2.28. The largest absolute Gasteiger partial charge is 0.380 e. The molecule has 0 aliphatic carbocycles. The molecule has 1 amide bonds. The number of aryl methyl sites for hydroxylation is 1. The Bertz CT molecular complexity index is 637. The van der Waals surface area contributed by atoms with Gasteiger partial charge in [0.15, 0.2) is 0 Å². The first-order valence-corrected chi connectivity index (χ1v) is 8.10. The Kier molecular flexibility index (Phi) is 6.15. The zero-order chi connectivity index (χ0) is 16.7. The first kappa shape index (κ1) is 17.0. The monoisotopic (exact) mass is 311 g/mol. The van der Waals surface area contributed by atoms with Gasteiger partial charge in [0, 0.05) is 32.5 Å². The van der Waals surface area contributed by atoms with Crippen LogP contribution in [0, 0.1) is 6.92 Å². The predicted molar refractivity (Wildman–Crippen MR) is 94.6 cm³/mol. The number of pyridine rings is 1. The molecular weight excluding hydrogens is 286 g/mol. The van der Waals surface area contributed by atoms with Gasteiger partial charge in [0.1, 0.15) is 0 Å². The van der Waals surface area contributed by atoms with Crippen LogP contribution in [-0.4, -0.2) is 29.4 Å². The molecule has 4 nitrogen and oxygen atoms in total. The second-order valence-corrected chi connectivity index (χ2v) is 5.88. The fraction of sp³-hybridized carbons (Fsp3) is 0.368. The van der Waals surface area contributed by atoms with Crippen LogP contribution in [0.3, 0.4) is 0 Å². The number of amides is 1. The number of hydrogen-bond acceptors (Lipinski definition) is 3. The van der Waals surface area contributed by atoms with Gasteiger partial charge in [-0.2, -0.15) is 0 Å². The zero-order valence-electron chi connectivity index (χ0n) is 14.2. The first-order valence-electron chi connectivity index (χ1n) is 8.10. The first-order chi connectivity index (χ1) is 11.1. The summed E-state index contributed by atoms with van der Waals surface area (Å²) in [6, 6.07) is 10.3. The van der Waals surface area contributed by atoms with Crippen molar-refractivity contribution in [3.63, 3.8) is 0 Å². The highest BCUT2D eigenvalue weighted by Gasteiger charge is 2.12. The number of unbranched alkanes of at least 4 members (excludes halogenated alkanes) is 1. The van der Waals surface area contributed by atoms with E-state index < -0.39 is 0 Å². The molecule has 0 unspecified atom stereocenters. The van der Waals surface area contributed by atoms with Crippen molar-refractivity contribution in [1.82, 2.24) is 9.88 Å². The van der Waals surface area contributed by atoms with Crippen molar-refractivity contribution in [2.75, 3.05) is 18.9 Å². The highest BCUT2D eigenvalue weighted by atomic mass is 16.2. The minimum absolute atomic E-state index is 0.0185. The normalized spacial score (nSPS) is 10.4. The summed E-state index contributed by atoms with van der Waals surface area (Å²) in [6.45, 7) is 5.68. The van der Waals surface area contributed by atoms with Crippen LogP contribution < -0.4 is 5.32 Å². The molecule has 2 aromatic rings. The third-order valence-corrected chi connectivity index (χ3v) is 3.80. The van der Waals surface area contributed by atoms with E-state index in [-0.39, 0.29) is 5.91 Å². The van der Waals surface area contributed by atoms with E-state index in [0.29, 0.717) is 12.1 Å². The summed E-state index contributed by atoms with van der Waals surface area (Å²) < 4.78 is 0.